The molecule has 1 N–H and O–H groups in total. The highest BCUT2D eigenvalue weighted by Crippen LogP contribution is 2.24. The van der Waals surface area contributed by atoms with Crippen LogP contribution in [-0.2, 0) is 0 Å². The number of ketones is 1. The minimum absolute atomic E-state index is 0.208. The fourth-order valence-corrected chi connectivity index (χ4v) is 3.74. The van der Waals surface area contributed by atoms with E-state index >= 15 is 0 Å². The van der Waals surface area contributed by atoms with Gasteiger partial charge in [0.1, 0.15) is 5.75 Å². The van der Waals surface area contributed by atoms with Crippen molar-refractivity contribution in [2.24, 2.45) is 0 Å². The van der Waals surface area contributed by atoms with Gasteiger partial charge in [0.15, 0.2) is 5.78 Å². The van der Waals surface area contributed by atoms with E-state index in [4.69, 9.17) is 0 Å². The van der Waals surface area contributed by atoms with Crippen LogP contribution in [0.2, 0.25) is 0 Å². The zero-order chi connectivity index (χ0) is 19.9. The van der Waals surface area contributed by atoms with Crippen molar-refractivity contribution >= 4 is 5.78 Å². The summed E-state index contributed by atoms with van der Waals surface area (Å²) in [6.07, 6.45) is 19.3. The van der Waals surface area contributed by atoms with Crippen molar-refractivity contribution in [3.8, 4) is 5.75 Å². The molecular formula is C25H42O2. The van der Waals surface area contributed by atoms with E-state index in [-0.39, 0.29) is 5.78 Å². The Bertz CT molecular complexity index is 510. The molecule has 0 unspecified atom stereocenters. The second-order valence-electron chi connectivity index (χ2n) is 8.23. The number of aromatic hydroxyl groups is 1. The Balaban J connectivity index is 1.96. The van der Waals surface area contributed by atoms with Gasteiger partial charge in [-0.15, -0.1) is 0 Å². The molecule has 0 bridgehead atoms. The third-order valence-corrected chi connectivity index (χ3v) is 5.57. The van der Waals surface area contributed by atoms with Crippen LogP contribution in [0.4, 0.5) is 0 Å². The largest absolute Gasteiger partial charge is 0.507 e. The van der Waals surface area contributed by atoms with E-state index in [1.807, 2.05) is 26.0 Å². The number of unbranched alkanes of at least 4 members (excludes halogenated alkanes) is 13. The van der Waals surface area contributed by atoms with Crippen LogP contribution in [0.5, 0.6) is 5.75 Å². The van der Waals surface area contributed by atoms with Gasteiger partial charge in [0.05, 0.1) is 0 Å². The average Bonchev–Trinajstić information content (AvgIpc) is 2.65. The molecule has 0 saturated heterocycles. The summed E-state index contributed by atoms with van der Waals surface area (Å²) < 4.78 is 0. The second kappa shape index (κ2) is 14.7. The van der Waals surface area contributed by atoms with Gasteiger partial charge < -0.3 is 5.11 Å². The average molecular weight is 375 g/mol. The lowest BCUT2D eigenvalue weighted by Gasteiger charge is -2.07. The van der Waals surface area contributed by atoms with Crippen molar-refractivity contribution in [3.05, 3.63) is 28.8 Å². The molecule has 0 aromatic heterocycles. The van der Waals surface area contributed by atoms with E-state index in [0.29, 0.717) is 12.2 Å². The molecule has 0 heterocycles. The first-order chi connectivity index (χ1) is 13.1. The molecule has 0 saturated carbocycles. The van der Waals surface area contributed by atoms with Crippen LogP contribution in [0.15, 0.2) is 12.1 Å². The van der Waals surface area contributed by atoms with Gasteiger partial charge in [-0.3, -0.25) is 4.79 Å². The number of hydrogen-bond acceptors (Lipinski definition) is 2. The summed E-state index contributed by atoms with van der Waals surface area (Å²) in [5.41, 5.74) is 2.33. The smallest absolute Gasteiger partial charge is 0.162 e. The number of Topliss-reactive ketones (excluding diaryl/α,β-unsaturated/α-hetero) is 1. The summed E-state index contributed by atoms with van der Waals surface area (Å²) in [4.78, 5) is 12.3. The van der Waals surface area contributed by atoms with Crippen molar-refractivity contribution in [1.29, 1.82) is 0 Å². The van der Waals surface area contributed by atoms with Crippen molar-refractivity contribution in [2.45, 2.75) is 117 Å². The summed E-state index contributed by atoms with van der Waals surface area (Å²) in [6, 6.07) is 3.63. The Kier molecular flexibility index (Phi) is 12.9. The molecule has 0 aliphatic carbocycles. The fourth-order valence-electron chi connectivity index (χ4n) is 3.74. The van der Waals surface area contributed by atoms with E-state index in [2.05, 4.69) is 6.92 Å². The topological polar surface area (TPSA) is 37.3 Å². The van der Waals surface area contributed by atoms with Crippen molar-refractivity contribution in [3.63, 3.8) is 0 Å². The second-order valence-corrected chi connectivity index (χ2v) is 8.23. The number of aryl methyl sites for hydroxylation is 2. The first kappa shape index (κ1) is 23.7. The first-order valence-corrected chi connectivity index (χ1v) is 11.4. The van der Waals surface area contributed by atoms with E-state index in [0.717, 1.165) is 29.5 Å². The van der Waals surface area contributed by atoms with Crippen LogP contribution in [0.25, 0.3) is 0 Å². The summed E-state index contributed by atoms with van der Waals surface area (Å²) in [6.45, 7) is 5.98. The van der Waals surface area contributed by atoms with Crippen LogP contribution in [-0.4, -0.2) is 10.9 Å². The van der Waals surface area contributed by atoms with E-state index in [1.165, 1.54) is 77.0 Å². The third-order valence-electron chi connectivity index (χ3n) is 5.57. The van der Waals surface area contributed by atoms with Gasteiger partial charge in [0.2, 0.25) is 0 Å². The van der Waals surface area contributed by atoms with Crippen molar-refractivity contribution in [2.75, 3.05) is 0 Å². The maximum atomic E-state index is 12.3. The van der Waals surface area contributed by atoms with Gasteiger partial charge >= 0.3 is 0 Å². The highest BCUT2D eigenvalue weighted by molar-refractivity contribution is 5.96. The zero-order valence-electron chi connectivity index (χ0n) is 18.1. The number of benzene rings is 1. The predicted molar refractivity (Wildman–Crippen MR) is 117 cm³/mol. The Morgan fingerprint density at radius 2 is 1.07 bits per heavy atom. The maximum Gasteiger partial charge on any atom is 0.162 e. The highest BCUT2D eigenvalue weighted by Gasteiger charge is 2.10. The zero-order valence-corrected chi connectivity index (χ0v) is 18.1. The number of carbonyl (C=O) groups excluding carboxylic acids is 1. The Morgan fingerprint density at radius 3 is 1.48 bits per heavy atom. The molecule has 0 radical (unpaired) electrons. The van der Waals surface area contributed by atoms with Gasteiger partial charge in [-0.25, -0.2) is 0 Å². The lowest BCUT2D eigenvalue weighted by atomic mass is 9.99. The van der Waals surface area contributed by atoms with Crippen molar-refractivity contribution in [1.82, 2.24) is 0 Å². The van der Waals surface area contributed by atoms with E-state index < -0.39 is 0 Å². The van der Waals surface area contributed by atoms with E-state index in [1.54, 1.807) is 0 Å². The van der Waals surface area contributed by atoms with Gasteiger partial charge in [0.25, 0.3) is 0 Å². The van der Waals surface area contributed by atoms with Gasteiger partial charge in [0, 0.05) is 12.0 Å². The van der Waals surface area contributed by atoms with Crippen LogP contribution < -0.4 is 0 Å². The molecule has 2 nitrogen and oxygen atoms in total. The fraction of sp³-hybridized carbons (Fsp3) is 0.720. The molecule has 2 heteroatoms. The minimum atomic E-state index is 0.208. The lowest BCUT2D eigenvalue weighted by molar-refractivity contribution is 0.0979. The van der Waals surface area contributed by atoms with E-state index in [9.17, 15) is 9.90 Å². The first-order valence-electron chi connectivity index (χ1n) is 11.4. The Morgan fingerprint density at radius 1 is 0.704 bits per heavy atom. The summed E-state index contributed by atoms with van der Waals surface area (Å²) in [7, 11) is 0. The molecule has 0 spiro atoms. The lowest BCUT2D eigenvalue weighted by Crippen LogP contribution is -2.00. The maximum absolute atomic E-state index is 12.3. The number of rotatable bonds is 16. The number of hydrogen-bond donors (Lipinski definition) is 1. The number of carbonyl (C=O) groups is 1. The molecule has 0 aliphatic rings. The quantitative estimate of drug-likeness (QED) is 0.235. The van der Waals surface area contributed by atoms with Gasteiger partial charge in [-0.1, -0.05) is 90.4 Å². The molecule has 1 aromatic rings. The molecular weight excluding hydrogens is 332 g/mol. The van der Waals surface area contributed by atoms with Gasteiger partial charge in [-0.2, -0.15) is 0 Å². The van der Waals surface area contributed by atoms with Gasteiger partial charge in [-0.05, 0) is 43.5 Å². The molecule has 154 valence electrons. The SMILES string of the molecule is CCCCCCCCCCCCCCCCC(=O)c1cc(C)c(O)c(C)c1. The summed E-state index contributed by atoms with van der Waals surface area (Å²) in [5.74, 6) is 0.517. The normalized spacial score (nSPS) is 11.1. The Labute approximate surface area is 167 Å². The number of phenols is 1. The molecule has 27 heavy (non-hydrogen) atoms. The molecule has 0 aliphatic heterocycles. The highest BCUT2D eigenvalue weighted by atomic mass is 16.3. The van der Waals surface area contributed by atoms with Crippen LogP contribution >= 0.6 is 0 Å². The monoisotopic (exact) mass is 374 g/mol. The van der Waals surface area contributed by atoms with Crippen LogP contribution in [0.1, 0.15) is 125 Å². The molecule has 0 atom stereocenters. The van der Waals surface area contributed by atoms with Crippen molar-refractivity contribution < 1.29 is 9.90 Å². The molecule has 0 fully saturated rings. The minimum Gasteiger partial charge on any atom is -0.507 e. The standard InChI is InChI=1S/C25H42O2/c1-4-5-6-7-8-9-10-11-12-13-14-15-16-17-18-24(26)23-19-21(2)25(27)22(3)20-23/h19-20,27H,4-18H2,1-3H3. The Hall–Kier alpha value is -1.31. The molecule has 1 aromatic carbocycles. The number of phenolic OH excluding ortho intramolecular Hbond substituents is 1. The summed E-state index contributed by atoms with van der Waals surface area (Å²) in [5, 5.41) is 9.81. The van der Waals surface area contributed by atoms with Crippen LogP contribution in [0, 0.1) is 13.8 Å². The predicted octanol–water partition coefficient (Wildman–Crippen LogP) is 8.06. The van der Waals surface area contributed by atoms with Crippen LogP contribution in [0.3, 0.4) is 0 Å². The summed E-state index contributed by atoms with van der Waals surface area (Å²) >= 11 is 0. The molecule has 0 amide bonds. The third kappa shape index (κ3) is 10.6. The molecule has 1 rings (SSSR count).